The van der Waals surface area contributed by atoms with E-state index in [-0.39, 0.29) is 24.5 Å². The third-order valence-electron chi connectivity index (χ3n) is 12.6. The van der Waals surface area contributed by atoms with Crippen LogP contribution in [0.15, 0.2) is 0 Å². The monoisotopic (exact) mass is 879 g/mol. The molecular weight excluding hydrogens is 777 g/mol. The molecule has 0 aromatic heterocycles. The molecular formula is C53H102N2O7. The third kappa shape index (κ3) is 44.4. The Labute approximate surface area is 382 Å². The van der Waals surface area contributed by atoms with E-state index in [0.717, 1.165) is 57.8 Å². The number of rotatable bonds is 50. The Morgan fingerprint density at radius 1 is 0.419 bits per heavy atom. The standard InChI is InChI=1S/C53H102N2O7/c1-3-5-7-9-11-13-15-16-17-18-19-20-21-22-23-24-25-26-28-30-32-37-41-45-52(59)62-48(42-38-34-31-29-27-14-12-10-8-6-4-2)43-39-35-33-36-40-44-50(57)54-46-51(58)55-49(47-56)53(60)61/h48-49,56H,3-47H2,1-2H3,(H,54,57)(H,55,58)(H,60,61). The van der Waals surface area contributed by atoms with E-state index < -0.39 is 24.5 Å². The summed E-state index contributed by atoms with van der Waals surface area (Å²) in [5.74, 6) is -2.26. The molecule has 2 unspecified atom stereocenters. The van der Waals surface area contributed by atoms with E-state index in [1.165, 1.54) is 199 Å². The average molecular weight is 879 g/mol. The molecule has 9 nitrogen and oxygen atoms in total. The first-order valence-electron chi connectivity index (χ1n) is 26.9. The van der Waals surface area contributed by atoms with E-state index in [4.69, 9.17) is 14.9 Å². The molecule has 0 aliphatic carbocycles. The van der Waals surface area contributed by atoms with Crippen molar-refractivity contribution in [2.24, 2.45) is 0 Å². The lowest BCUT2D eigenvalue weighted by molar-refractivity contribution is -0.150. The van der Waals surface area contributed by atoms with E-state index >= 15 is 0 Å². The minimum atomic E-state index is -1.38. The predicted molar refractivity (Wildman–Crippen MR) is 259 cm³/mol. The molecule has 2 amide bonds. The minimum absolute atomic E-state index is 0.00548. The largest absolute Gasteiger partial charge is 0.480 e. The zero-order valence-corrected chi connectivity index (χ0v) is 40.9. The lowest BCUT2D eigenvalue weighted by Crippen LogP contribution is -2.47. The van der Waals surface area contributed by atoms with Gasteiger partial charge < -0.3 is 25.6 Å². The van der Waals surface area contributed by atoms with Crippen molar-refractivity contribution in [3.63, 3.8) is 0 Å². The van der Waals surface area contributed by atoms with Gasteiger partial charge in [0.05, 0.1) is 13.2 Å². The Morgan fingerprint density at radius 3 is 1.05 bits per heavy atom. The summed E-state index contributed by atoms with van der Waals surface area (Å²) in [7, 11) is 0. The number of aliphatic carboxylic acids is 1. The Kier molecular flexibility index (Phi) is 46.6. The highest BCUT2D eigenvalue weighted by molar-refractivity contribution is 5.87. The van der Waals surface area contributed by atoms with Crippen LogP contribution in [0.5, 0.6) is 0 Å². The number of hydrogen-bond acceptors (Lipinski definition) is 6. The fraction of sp³-hybridized carbons (Fsp3) is 0.925. The summed E-state index contributed by atoms with van der Waals surface area (Å²) in [6, 6.07) is -1.38. The zero-order chi connectivity index (χ0) is 45.4. The number of carbonyl (C=O) groups excluding carboxylic acids is 3. The molecule has 2 atom stereocenters. The van der Waals surface area contributed by atoms with Crippen molar-refractivity contribution in [2.45, 2.75) is 302 Å². The lowest BCUT2D eigenvalue weighted by Gasteiger charge is -2.18. The van der Waals surface area contributed by atoms with Crippen LogP contribution in [0.4, 0.5) is 0 Å². The maximum absolute atomic E-state index is 12.9. The Morgan fingerprint density at radius 2 is 0.726 bits per heavy atom. The fourth-order valence-corrected chi connectivity index (χ4v) is 8.48. The number of nitrogens with one attached hydrogen (secondary N) is 2. The molecule has 62 heavy (non-hydrogen) atoms. The number of carbonyl (C=O) groups is 4. The molecule has 0 aromatic rings. The second kappa shape index (κ2) is 48.3. The summed E-state index contributed by atoms with van der Waals surface area (Å²) in [6.45, 7) is 3.53. The molecule has 0 spiro atoms. The van der Waals surface area contributed by atoms with Crippen LogP contribution >= 0.6 is 0 Å². The van der Waals surface area contributed by atoms with Crippen LogP contribution in [0.2, 0.25) is 0 Å². The average Bonchev–Trinajstić information content (AvgIpc) is 3.26. The van der Waals surface area contributed by atoms with Gasteiger partial charge in [-0.15, -0.1) is 0 Å². The number of aliphatic hydroxyl groups excluding tert-OH is 1. The van der Waals surface area contributed by atoms with Gasteiger partial charge in [-0.1, -0.05) is 239 Å². The van der Waals surface area contributed by atoms with Gasteiger partial charge in [0.15, 0.2) is 0 Å². The number of carboxylic acids is 1. The Balaban J connectivity index is 4.10. The molecule has 0 radical (unpaired) electrons. The van der Waals surface area contributed by atoms with Gasteiger partial charge in [0.2, 0.25) is 11.8 Å². The summed E-state index contributed by atoms with van der Waals surface area (Å²) in [6.07, 6.45) is 53.0. The van der Waals surface area contributed by atoms with Crippen molar-refractivity contribution in [2.75, 3.05) is 13.2 Å². The summed E-state index contributed by atoms with van der Waals surface area (Å²) >= 11 is 0. The molecule has 0 bridgehead atoms. The van der Waals surface area contributed by atoms with E-state index in [1.54, 1.807) is 0 Å². The first-order valence-corrected chi connectivity index (χ1v) is 26.9. The van der Waals surface area contributed by atoms with Gasteiger partial charge in [0.25, 0.3) is 0 Å². The van der Waals surface area contributed by atoms with Gasteiger partial charge in [-0.25, -0.2) is 4.79 Å². The molecule has 0 saturated heterocycles. The molecule has 366 valence electrons. The molecule has 0 aromatic carbocycles. The highest BCUT2D eigenvalue weighted by atomic mass is 16.5. The minimum Gasteiger partial charge on any atom is -0.480 e. The number of esters is 1. The molecule has 4 N–H and O–H groups in total. The van der Waals surface area contributed by atoms with E-state index in [1.807, 2.05) is 0 Å². The molecule has 0 fully saturated rings. The highest BCUT2D eigenvalue weighted by Gasteiger charge is 2.19. The first kappa shape index (κ1) is 59.8. The number of hydrogen-bond donors (Lipinski definition) is 4. The lowest BCUT2D eigenvalue weighted by atomic mass is 10.0. The normalized spacial score (nSPS) is 12.3. The number of ether oxygens (including phenoxy) is 1. The van der Waals surface area contributed by atoms with Crippen LogP contribution in [0, 0.1) is 0 Å². The van der Waals surface area contributed by atoms with Gasteiger partial charge in [-0.05, 0) is 38.5 Å². The second-order valence-electron chi connectivity index (χ2n) is 18.7. The number of carboxylic acid groups (broad SMARTS) is 1. The van der Waals surface area contributed by atoms with Crippen molar-refractivity contribution < 1.29 is 34.1 Å². The van der Waals surface area contributed by atoms with Crippen LogP contribution in [0.1, 0.15) is 290 Å². The van der Waals surface area contributed by atoms with Gasteiger partial charge in [-0.3, -0.25) is 14.4 Å². The van der Waals surface area contributed by atoms with Crippen LogP contribution in [-0.4, -0.2) is 59.3 Å². The summed E-state index contributed by atoms with van der Waals surface area (Å²) < 4.78 is 6.07. The Hall–Kier alpha value is -2.16. The molecule has 9 heteroatoms. The number of aliphatic hydroxyl groups is 1. The van der Waals surface area contributed by atoms with Crippen molar-refractivity contribution in [3.8, 4) is 0 Å². The maximum atomic E-state index is 12.9. The summed E-state index contributed by atoms with van der Waals surface area (Å²) in [5.41, 5.74) is 0. The van der Waals surface area contributed by atoms with Crippen molar-refractivity contribution >= 4 is 23.8 Å². The van der Waals surface area contributed by atoms with E-state index in [9.17, 15) is 19.2 Å². The van der Waals surface area contributed by atoms with Gasteiger partial charge in [0.1, 0.15) is 12.1 Å². The Bertz CT molecular complexity index is 1010. The van der Waals surface area contributed by atoms with Crippen LogP contribution in [0.25, 0.3) is 0 Å². The van der Waals surface area contributed by atoms with Crippen LogP contribution in [0.3, 0.4) is 0 Å². The molecule has 0 heterocycles. The van der Waals surface area contributed by atoms with Crippen LogP contribution in [-0.2, 0) is 23.9 Å². The first-order chi connectivity index (χ1) is 30.3. The summed E-state index contributed by atoms with van der Waals surface area (Å²) in [5, 5.41) is 22.6. The SMILES string of the molecule is CCCCCCCCCCCCCCCCCCCCCCCCCC(=O)OC(CCCCCCCCCCCCC)CCCCCCCC(=O)NCC(=O)NC(CO)C(=O)O. The maximum Gasteiger partial charge on any atom is 0.328 e. The van der Waals surface area contributed by atoms with Crippen molar-refractivity contribution in [1.82, 2.24) is 10.6 Å². The van der Waals surface area contributed by atoms with E-state index in [0.29, 0.717) is 19.3 Å². The number of unbranched alkanes of at least 4 members (excludes halogenated alkanes) is 36. The topological polar surface area (TPSA) is 142 Å². The quantitative estimate of drug-likeness (QED) is 0.0352. The predicted octanol–water partition coefficient (Wildman–Crippen LogP) is 14.4. The van der Waals surface area contributed by atoms with Crippen LogP contribution < -0.4 is 10.6 Å². The smallest absolute Gasteiger partial charge is 0.328 e. The van der Waals surface area contributed by atoms with E-state index in [2.05, 4.69) is 24.5 Å². The van der Waals surface area contributed by atoms with Gasteiger partial charge in [0, 0.05) is 12.8 Å². The molecule has 0 rings (SSSR count). The number of amides is 2. The third-order valence-corrected chi connectivity index (χ3v) is 12.6. The molecule has 0 aliphatic heterocycles. The fourth-order valence-electron chi connectivity index (χ4n) is 8.48. The second-order valence-corrected chi connectivity index (χ2v) is 18.7. The van der Waals surface area contributed by atoms with Gasteiger partial charge >= 0.3 is 11.9 Å². The van der Waals surface area contributed by atoms with Gasteiger partial charge in [-0.2, -0.15) is 0 Å². The highest BCUT2D eigenvalue weighted by Crippen LogP contribution is 2.20. The van der Waals surface area contributed by atoms with Crippen molar-refractivity contribution in [1.29, 1.82) is 0 Å². The molecule has 0 saturated carbocycles. The van der Waals surface area contributed by atoms with Crippen molar-refractivity contribution in [3.05, 3.63) is 0 Å². The summed E-state index contributed by atoms with van der Waals surface area (Å²) in [4.78, 5) is 47.8. The molecule has 0 aliphatic rings. The zero-order valence-electron chi connectivity index (χ0n) is 40.9.